The summed E-state index contributed by atoms with van der Waals surface area (Å²) in [4.78, 5) is 28.3. The Morgan fingerprint density at radius 2 is 1.59 bits per heavy atom. The van der Waals surface area contributed by atoms with Crippen LogP contribution in [0.1, 0.15) is 17.3 Å². The van der Waals surface area contributed by atoms with Crippen LogP contribution in [0.25, 0.3) is 22.0 Å². The van der Waals surface area contributed by atoms with Crippen molar-refractivity contribution in [3.63, 3.8) is 0 Å². The van der Waals surface area contributed by atoms with E-state index in [-0.39, 0.29) is 5.91 Å². The summed E-state index contributed by atoms with van der Waals surface area (Å²) in [7, 11) is 0. The van der Waals surface area contributed by atoms with E-state index in [2.05, 4.69) is 10.3 Å². The Morgan fingerprint density at radius 1 is 0.897 bits per heavy atom. The van der Waals surface area contributed by atoms with Crippen molar-refractivity contribution in [1.82, 2.24) is 4.98 Å². The molecule has 0 saturated heterocycles. The quantitative estimate of drug-likeness (QED) is 0.475. The Kier molecular flexibility index (Phi) is 5.12. The summed E-state index contributed by atoms with van der Waals surface area (Å²) in [6, 6.07) is 24.8. The number of carbonyl (C=O) groups excluding carboxylic acids is 2. The van der Waals surface area contributed by atoms with Crippen molar-refractivity contribution in [3.05, 3.63) is 90.6 Å². The molecule has 1 atom stereocenters. The van der Waals surface area contributed by atoms with E-state index in [0.29, 0.717) is 11.3 Å². The van der Waals surface area contributed by atoms with Gasteiger partial charge in [-0.15, -0.1) is 0 Å². The number of carbonyl (C=O) groups is 2. The van der Waals surface area contributed by atoms with Gasteiger partial charge in [0.05, 0.1) is 5.56 Å². The molecule has 3 aromatic carbocycles. The molecule has 0 fully saturated rings. The van der Waals surface area contributed by atoms with Crippen LogP contribution in [0.2, 0.25) is 0 Å². The minimum absolute atomic E-state index is 0.387. The van der Waals surface area contributed by atoms with Gasteiger partial charge in [-0.25, -0.2) is 4.79 Å². The van der Waals surface area contributed by atoms with Gasteiger partial charge in [-0.05, 0) is 24.6 Å². The molecule has 0 bridgehead atoms. The van der Waals surface area contributed by atoms with Gasteiger partial charge in [0.25, 0.3) is 5.91 Å². The van der Waals surface area contributed by atoms with Crippen molar-refractivity contribution in [1.29, 1.82) is 0 Å². The van der Waals surface area contributed by atoms with Crippen LogP contribution in [0.4, 0.5) is 5.69 Å². The number of ether oxygens (including phenoxy) is 1. The van der Waals surface area contributed by atoms with E-state index in [4.69, 9.17) is 4.74 Å². The van der Waals surface area contributed by atoms with Gasteiger partial charge >= 0.3 is 5.97 Å². The number of rotatable bonds is 5. The first kappa shape index (κ1) is 18.5. The molecule has 144 valence electrons. The van der Waals surface area contributed by atoms with Gasteiger partial charge in [-0.1, -0.05) is 66.7 Å². The molecule has 1 aromatic heterocycles. The summed E-state index contributed by atoms with van der Waals surface area (Å²) >= 11 is 0. The molecule has 0 unspecified atom stereocenters. The van der Waals surface area contributed by atoms with E-state index in [1.54, 1.807) is 13.1 Å². The fraction of sp³-hybridized carbons (Fsp3) is 0.0833. The third-order valence-corrected chi connectivity index (χ3v) is 4.73. The smallest absolute Gasteiger partial charge is 0.341 e. The third-order valence-electron chi connectivity index (χ3n) is 4.73. The fourth-order valence-electron chi connectivity index (χ4n) is 3.21. The number of amides is 1. The average molecular weight is 384 g/mol. The maximum Gasteiger partial charge on any atom is 0.341 e. The zero-order chi connectivity index (χ0) is 20.2. The zero-order valence-corrected chi connectivity index (χ0v) is 15.9. The number of esters is 1. The monoisotopic (exact) mass is 384 g/mol. The first-order chi connectivity index (χ1) is 14.1. The van der Waals surface area contributed by atoms with Crippen LogP contribution >= 0.6 is 0 Å². The predicted octanol–water partition coefficient (Wildman–Crippen LogP) is 5.02. The van der Waals surface area contributed by atoms with Gasteiger partial charge in [-0.3, -0.25) is 4.79 Å². The maximum atomic E-state index is 12.7. The summed E-state index contributed by atoms with van der Waals surface area (Å²) < 4.78 is 5.41. The lowest BCUT2D eigenvalue weighted by atomic mass is 10.0. The van der Waals surface area contributed by atoms with Crippen molar-refractivity contribution >= 4 is 28.5 Å². The molecule has 4 aromatic rings. The van der Waals surface area contributed by atoms with Crippen LogP contribution in [0.15, 0.2) is 85.1 Å². The zero-order valence-electron chi connectivity index (χ0n) is 15.9. The number of hydrogen-bond acceptors (Lipinski definition) is 3. The SMILES string of the molecule is C[C@H](OC(=O)c1c[nH]c2ccccc12)C(=O)Nc1ccccc1-c1ccccc1. The second-order valence-electron chi connectivity index (χ2n) is 6.70. The van der Waals surface area contributed by atoms with Crippen molar-refractivity contribution in [2.45, 2.75) is 13.0 Å². The first-order valence-electron chi connectivity index (χ1n) is 9.36. The summed E-state index contributed by atoms with van der Waals surface area (Å²) in [5.41, 5.74) is 3.81. The Labute approximate surface area is 168 Å². The number of benzene rings is 3. The number of H-pyrrole nitrogens is 1. The van der Waals surface area contributed by atoms with Crippen LogP contribution < -0.4 is 5.32 Å². The average Bonchev–Trinajstić information content (AvgIpc) is 3.19. The number of para-hydroxylation sites is 2. The van der Waals surface area contributed by atoms with Gasteiger partial charge in [-0.2, -0.15) is 0 Å². The Bertz CT molecular complexity index is 1160. The molecule has 0 aliphatic heterocycles. The number of fused-ring (bicyclic) bond motifs is 1. The Balaban J connectivity index is 1.49. The Hall–Kier alpha value is -3.86. The number of nitrogens with one attached hydrogen (secondary N) is 2. The molecule has 0 radical (unpaired) electrons. The summed E-state index contributed by atoms with van der Waals surface area (Å²) in [6.45, 7) is 1.56. The molecule has 1 amide bonds. The molecule has 0 saturated carbocycles. The molecule has 2 N–H and O–H groups in total. The molecular weight excluding hydrogens is 364 g/mol. The topological polar surface area (TPSA) is 71.2 Å². The lowest BCUT2D eigenvalue weighted by molar-refractivity contribution is -0.123. The highest BCUT2D eigenvalue weighted by molar-refractivity contribution is 6.05. The number of aromatic nitrogens is 1. The summed E-state index contributed by atoms with van der Waals surface area (Å²) in [5.74, 6) is -0.928. The maximum absolute atomic E-state index is 12.7. The largest absolute Gasteiger partial charge is 0.449 e. The van der Waals surface area contributed by atoms with E-state index in [1.165, 1.54) is 0 Å². The number of anilines is 1. The van der Waals surface area contributed by atoms with Crippen LogP contribution in [-0.4, -0.2) is 23.0 Å². The molecule has 5 heteroatoms. The third kappa shape index (κ3) is 3.89. The molecule has 0 spiro atoms. The molecule has 29 heavy (non-hydrogen) atoms. The highest BCUT2D eigenvalue weighted by atomic mass is 16.5. The highest BCUT2D eigenvalue weighted by Crippen LogP contribution is 2.28. The van der Waals surface area contributed by atoms with Crippen LogP contribution in [0, 0.1) is 0 Å². The molecular formula is C24H20N2O3. The minimum Gasteiger partial charge on any atom is -0.449 e. The molecule has 5 nitrogen and oxygen atoms in total. The second kappa shape index (κ2) is 8.02. The molecule has 0 aliphatic rings. The van der Waals surface area contributed by atoms with E-state index in [9.17, 15) is 9.59 Å². The van der Waals surface area contributed by atoms with Crippen LogP contribution in [0.5, 0.6) is 0 Å². The van der Waals surface area contributed by atoms with E-state index in [0.717, 1.165) is 22.0 Å². The van der Waals surface area contributed by atoms with Crippen molar-refractivity contribution in [2.75, 3.05) is 5.32 Å². The minimum atomic E-state index is -0.944. The highest BCUT2D eigenvalue weighted by Gasteiger charge is 2.21. The Morgan fingerprint density at radius 3 is 2.41 bits per heavy atom. The second-order valence-corrected chi connectivity index (χ2v) is 6.70. The molecule has 0 aliphatic carbocycles. The van der Waals surface area contributed by atoms with E-state index < -0.39 is 12.1 Å². The van der Waals surface area contributed by atoms with E-state index >= 15 is 0 Å². The number of aromatic amines is 1. The molecule has 1 heterocycles. The molecule has 4 rings (SSSR count). The van der Waals surface area contributed by atoms with Crippen molar-refractivity contribution < 1.29 is 14.3 Å². The normalized spacial score (nSPS) is 11.8. The van der Waals surface area contributed by atoms with Gasteiger partial charge in [0.15, 0.2) is 6.10 Å². The predicted molar refractivity (Wildman–Crippen MR) is 114 cm³/mol. The fourth-order valence-corrected chi connectivity index (χ4v) is 3.21. The van der Waals surface area contributed by atoms with Gasteiger partial charge in [0.2, 0.25) is 0 Å². The van der Waals surface area contributed by atoms with Crippen LogP contribution in [-0.2, 0) is 9.53 Å². The van der Waals surface area contributed by atoms with Crippen LogP contribution in [0.3, 0.4) is 0 Å². The summed E-state index contributed by atoms with van der Waals surface area (Å²) in [6.07, 6.45) is 0.655. The van der Waals surface area contributed by atoms with Crippen molar-refractivity contribution in [3.8, 4) is 11.1 Å². The lowest BCUT2D eigenvalue weighted by Gasteiger charge is -2.15. The van der Waals surface area contributed by atoms with E-state index in [1.807, 2.05) is 78.9 Å². The standard InChI is InChI=1S/C24H20N2O3/c1-16(29-24(28)20-15-25-21-13-7-6-12-19(20)21)23(27)26-22-14-8-5-11-18(22)17-9-3-2-4-10-17/h2-16,25H,1H3,(H,26,27)/t16-/m0/s1. The lowest BCUT2D eigenvalue weighted by Crippen LogP contribution is -2.30. The van der Waals surface area contributed by atoms with Crippen molar-refractivity contribution in [2.24, 2.45) is 0 Å². The summed E-state index contributed by atoms with van der Waals surface area (Å²) in [5, 5.41) is 3.64. The first-order valence-corrected chi connectivity index (χ1v) is 9.36. The number of hydrogen-bond donors (Lipinski definition) is 2. The van der Waals surface area contributed by atoms with Gasteiger partial charge in [0.1, 0.15) is 0 Å². The van der Waals surface area contributed by atoms with Gasteiger partial charge in [0, 0.05) is 28.4 Å². The van der Waals surface area contributed by atoms with Gasteiger partial charge < -0.3 is 15.0 Å².